The minimum Gasteiger partial charge on any atom is -0.507 e. The molecule has 0 aliphatic rings. The zero-order valence-corrected chi connectivity index (χ0v) is 20.2. The van der Waals surface area contributed by atoms with Gasteiger partial charge in [0.25, 0.3) is 0 Å². The molecule has 1 unspecified atom stereocenters. The molecule has 0 spiro atoms. The summed E-state index contributed by atoms with van der Waals surface area (Å²) in [6.07, 6.45) is 4.40. The van der Waals surface area contributed by atoms with Gasteiger partial charge in [0.1, 0.15) is 5.75 Å². The molecular formula is C28H42O. The number of aryl methyl sites for hydroxylation is 2. The van der Waals surface area contributed by atoms with Gasteiger partial charge in [-0.1, -0.05) is 105 Å². The van der Waals surface area contributed by atoms with Crippen molar-refractivity contribution in [2.24, 2.45) is 0 Å². The van der Waals surface area contributed by atoms with Gasteiger partial charge in [-0.25, -0.2) is 0 Å². The number of hydrogen-bond donors (Lipinski definition) is 1. The van der Waals surface area contributed by atoms with Crippen molar-refractivity contribution in [2.75, 3.05) is 0 Å². The Kier molecular flexibility index (Phi) is 7.25. The van der Waals surface area contributed by atoms with E-state index < -0.39 is 0 Å². The highest BCUT2D eigenvalue weighted by atomic mass is 16.3. The Hall–Kier alpha value is -1.76. The summed E-state index contributed by atoms with van der Waals surface area (Å²) < 4.78 is 0. The first kappa shape index (κ1) is 23.5. The normalized spacial score (nSPS) is 13.6. The predicted octanol–water partition coefficient (Wildman–Crippen LogP) is 8.04. The monoisotopic (exact) mass is 394 g/mol. The molecule has 0 saturated heterocycles. The molecule has 2 aromatic rings. The predicted molar refractivity (Wildman–Crippen MR) is 127 cm³/mol. The van der Waals surface area contributed by atoms with E-state index in [1.165, 1.54) is 22.3 Å². The van der Waals surface area contributed by atoms with Crippen molar-refractivity contribution in [3.63, 3.8) is 0 Å². The van der Waals surface area contributed by atoms with Gasteiger partial charge in [0.2, 0.25) is 0 Å². The molecule has 0 saturated carbocycles. The summed E-state index contributed by atoms with van der Waals surface area (Å²) >= 11 is 0. The molecule has 29 heavy (non-hydrogen) atoms. The Morgan fingerprint density at radius 3 is 1.79 bits per heavy atom. The van der Waals surface area contributed by atoms with Gasteiger partial charge >= 0.3 is 0 Å². The summed E-state index contributed by atoms with van der Waals surface area (Å²) in [7, 11) is 0. The number of phenols is 1. The number of phenolic OH excluding ortho intramolecular Hbond substituents is 1. The topological polar surface area (TPSA) is 20.2 Å². The van der Waals surface area contributed by atoms with E-state index >= 15 is 0 Å². The Morgan fingerprint density at radius 2 is 1.31 bits per heavy atom. The van der Waals surface area contributed by atoms with Gasteiger partial charge in [-0.15, -0.1) is 0 Å². The molecule has 0 amide bonds. The molecule has 2 aromatic carbocycles. The van der Waals surface area contributed by atoms with Crippen molar-refractivity contribution in [1.82, 2.24) is 0 Å². The molecule has 0 aliphatic carbocycles. The van der Waals surface area contributed by atoms with Crippen LogP contribution in [0.4, 0.5) is 0 Å². The quantitative estimate of drug-likeness (QED) is 0.525. The van der Waals surface area contributed by atoms with Crippen LogP contribution in [0.3, 0.4) is 0 Å². The number of rotatable bonds is 6. The van der Waals surface area contributed by atoms with Crippen LogP contribution in [0.2, 0.25) is 0 Å². The molecule has 1 nitrogen and oxygen atoms in total. The van der Waals surface area contributed by atoms with Crippen LogP contribution in [0.15, 0.2) is 30.3 Å². The van der Waals surface area contributed by atoms with E-state index in [0.717, 1.165) is 36.8 Å². The van der Waals surface area contributed by atoms with Crippen LogP contribution in [-0.4, -0.2) is 5.11 Å². The maximum Gasteiger partial charge on any atom is 0.123 e. The zero-order chi connectivity index (χ0) is 22.0. The van der Waals surface area contributed by atoms with Crippen LogP contribution in [0, 0.1) is 0 Å². The van der Waals surface area contributed by atoms with Crippen LogP contribution >= 0.6 is 0 Å². The highest BCUT2D eigenvalue weighted by molar-refractivity contribution is 5.52. The summed E-state index contributed by atoms with van der Waals surface area (Å²) in [6, 6.07) is 11.5. The fourth-order valence-electron chi connectivity index (χ4n) is 4.07. The van der Waals surface area contributed by atoms with Gasteiger partial charge in [-0.2, -0.15) is 0 Å². The first-order chi connectivity index (χ1) is 13.4. The first-order valence-electron chi connectivity index (χ1n) is 11.4. The highest BCUT2D eigenvalue weighted by Crippen LogP contribution is 2.41. The summed E-state index contributed by atoms with van der Waals surface area (Å²) in [5, 5.41) is 11.3. The molecule has 0 radical (unpaired) electrons. The van der Waals surface area contributed by atoms with Crippen molar-refractivity contribution < 1.29 is 5.11 Å². The Bertz CT molecular complexity index is 831. The standard InChI is InChI=1S/C28H42O/c1-10-12-20-14-22(18-23(15-20)27(4,5)6)19(3)24-16-21(13-11-2)17-25(26(24)29)28(7,8)9/h14-19,29H,10-13H2,1-9H3. The highest BCUT2D eigenvalue weighted by Gasteiger charge is 2.25. The maximum atomic E-state index is 11.3. The van der Waals surface area contributed by atoms with E-state index in [1.54, 1.807) is 0 Å². The summed E-state index contributed by atoms with van der Waals surface area (Å²) in [5.74, 6) is 0.633. The second kappa shape index (κ2) is 8.94. The average Bonchev–Trinajstić information content (AvgIpc) is 2.61. The molecule has 0 aromatic heterocycles. The van der Waals surface area contributed by atoms with Crippen molar-refractivity contribution in [3.8, 4) is 5.75 Å². The third-order valence-corrected chi connectivity index (χ3v) is 5.93. The van der Waals surface area contributed by atoms with Gasteiger partial charge in [0.05, 0.1) is 0 Å². The average molecular weight is 395 g/mol. The third kappa shape index (κ3) is 5.65. The largest absolute Gasteiger partial charge is 0.507 e. The lowest BCUT2D eigenvalue weighted by Gasteiger charge is -2.27. The minimum atomic E-state index is -0.0804. The van der Waals surface area contributed by atoms with E-state index in [2.05, 4.69) is 92.6 Å². The number of aromatic hydroxyl groups is 1. The SMILES string of the molecule is CCCc1cc(C(C)c2cc(CCC)cc(C(C)(C)C)c2O)cc(C(C)(C)C)c1. The fourth-order valence-corrected chi connectivity index (χ4v) is 4.07. The van der Waals surface area contributed by atoms with Crippen LogP contribution in [0.1, 0.15) is 114 Å². The summed E-state index contributed by atoms with van der Waals surface area (Å²) in [6.45, 7) is 20.1. The van der Waals surface area contributed by atoms with Crippen LogP contribution in [0.5, 0.6) is 5.75 Å². The number of benzene rings is 2. The van der Waals surface area contributed by atoms with Gasteiger partial charge < -0.3 is 5.11 Å². The first-order valence-corrected chi connectivity index (χ1v) is 11.4. The van der Waals surface area contributed by atoms with E-state index in [-0.39, 0.29) is 16.7 Å². The van der Waals surface area contributed by atoms with E-state index in [0.29, 0.717) is 5.75 Å². The lowest BCUT2D eigenvalue weighted by Crippen LogP contribution is -2.15. The third-order valence-electron chi connectivity index (χ3n) is 5.93. The smallest absolute Gasteiger partial charge is 0.123 e. The molecule has 1 heteroatoms. The minimum absolute atomic E-state index is 0.0804. The molecule has 2 rings (SSSR count). The molecule has 0 heterocycles. The maximum absolute atomic E-state index is 11.3. The molecule has 0 fully saturated rings. The van der Waals surface area contributed by atoms with Gasteiger partial charge in [-0.3, -0.25) is 0 Å². The lowest BCUT2D eigenvalue weighted by atomic mass is 9.79. The summed E-state index contributed by atoms with van der Waals surface area (Å²) in [4.78, 5) is 0. The van der Waals surface area contributed by atoms with Crippen LogP contribution in [0.25, 0.3) is 0 Å². The summed E-state index contributed by atoms with van der Waals surface area (Å²) in [5.41, 5.74) is 7.58. The molecular weight excluding hydrogens is 352 g/mol. The second-order valence-electron chi connectivity index (χ2n) is 10.8. The van der Waals surface area contributed by atoms with Crippen molar-refractivity contribution >= 4 is 0 Å². The Labute approximate surface area is 179 Å². The molecule has 0 bridgehead atoms. The van der Waals surface area contributed by atoms with Gasteiger partial charge in [-0.05, 0) is 51.5 Å². The second-order valence-corrected chi connectivity index (χ2v) is 10.8. The zero-order valence-electron chi connectivity index (χ0n) is 20.2. The van der Waals surface area contributed by atoms with E-state index in [1.807, 2.05) is 0 Å². The Morgan fingerprint density at radius 1 is 0.759 bits per heavy atom. The molecule has 160 valence electrons. The van der Waals surface area contributed by atoms with Crippen LogP contribution in [-0.2, 0) is 23.7 Å². The molecule has 1 atom stereocenters. The lowest BCUT2D eigenvalue weighted by molar-refractivity contribution is 0.438. The van der Waals surface area contributed by atoms with Gasteiger partial charge in [0.15, 0.2) is 0 Å². The van der Waals surface area contributed by atoms with E-state index in [9.17, 15) is 5.11 Å². The Balaban J connectivity index is 2.66. The van der Waals surface area contributed by atoms with Gasteiger partial charge in [0, 0.05) is 11.5 Å². The van der Waals surface area contributed by atoms with Crippen molar-refractivity contribution in [1.29, 1.82) is 0 Å². The number of hydrogen-bond acceptors (Lipinski definition) is 1. The van der Waals surface area contributed by atoms with E-state index in [4.69, 9.17) is 0 Å². The van der Waals surface area contributed by atoms with Crippen molar-refractivity contribution in [2.45, 2.75) is 105 Å². The van der Waals surface area contributed by atoms with Crippen LogP contribution < -0.4 is 0 Å². The fraction of sp³-hybridized carbons (Fsp3) is 0.571. The molecule has 0 aliphatic heterocycles. The van der Waals surface area contributed by atoms with Crippen molar-refractivity contribution in [3.05, 3.63) is 63.7 Å². The molecule has 1 N–H and O–H groups in total.